The number of ether oxygens (including phenoxy) is 2. The van der Waals surface area contributed by atoms with Crippen LogP contribution in [-0.4, -0.2) is 39.1 Å². The van der Waals surface area contributed by atoms with Gasteiger partial charge in [0.25, 0.3) is 5.56 Å². The first kappa shape index (κ1) is 19.2. The second-order valence-corrected chi connectivity index (χ2v) is 6.97. The van der Waals surface area contributed by atoms with E-state index < -0.39 is 6.10 Å². The largest absolute Gasteiger partial charge is 0.496 e. The molecule has 4 aromatic rings. The van der Waals surface area contributed by atoms with Crippen LogP contribution in [0.4, 0.5) is 0 Å². The van der Waals surface area contributed by atoms with E-state index in [9.17, 15) is 9.90 Å². The van der Waals surface area contributed by atoms with E-state index in [4.69, 9.17) is 9.47 Å². The predicted molar refractivity (Wildman–Crippen MR) is 110 cm³/mol. The molecule has 0 spiro atoms. The Morgan fingerprint density at radius 1 is 1.14 bits per heavy atom. The van der Waals surface area contributed by atoms with Crippen LogP contribution < -0.4 is 10.3 Å². The van der Waals surface area contributed by atoms with Crippen LogP contribution in [0.2, 0.25) is 0 Å². The molecule has 4 rings (SSSR count). The number of methoxy groups -OCH3 is 1. The van der Waals surface area contributed by atoms with Crippen molar-refractivity contribution in [3.05, 3.63) is 76.2 Å². The zero-order chi connectivity index (χ0) is 20.4. The zero-order valence-corrected chi connectivity index (χ0v) is 16.4. The summed E-state index contributed by atoms with van der Waals surface area (Å²) in [5.41, 5.74) is 2.95. The number of aliphatic hydroxyl groups is 1. The fraction of sp³-hybridized carbons (Fsp3) is 0.273. The average molecular weight is 393 g/mol. The highest BCUT2D eigenvalue weighted by atomic mass is 16.5. The van der Waals surface area contributed by atoms with Gasteiger partial charge in [-0.2, -0.15) is 5.10 Å². The van der Waals surface area contributed by atoms with Gasteiger partial charge in [0.05, 0.1) is 49.6 Å². The van der Waals surface area contributed by atoms with Gasteiger partial charge in [-0.25, -0.2) is 4.52 Å². The number of fused-ring (bicyclic) bond motifs is 3. The first-order chi connectivity index (χ1) is 14.1. The van der Waals surface area contributed by atoms with Crippen molar-refractivity contribution in [3.63, 3.8) is 0 Å². The standard InChI is InChI=1S/C22H23N3O4/c1-15-11-21-24(22(27)18-8-4-5-9-19(18)25(21)23-15)12-17(26)14-29-13-16-7-3-6-10-20(16)28-2/h3-11,17,26H,12-14H2,1-2H3. The van der Waals surface area contributed by atoms with E-state index in [0.717, 1.165) is 22.5 Å². The molecule has 1 atom stereocenters. The molecule has 0 fully saturated rings. The molecule has 2 heterocycles. The normalized spacial score (nSPS) is 12.5. The Morgan fingerprint density at radius 3 is 2.72 bits per heavy atom. The van der Waals surface area contributed by atoms with Crippen molar-refractivity contribution in [2.45, 2.75) is 26.2 Å². The molecule has 1 N–H and O–H groups in total. The van der Waals surface area contributed by atoms with E-state index in [1.165, 1.54) is 0 Å². The molecule has 2 aromatic carbocycles. The van der Waals surface area contributed by atoms with Gasteiger partial charge in [0, 0.05) is 11.6 Å². The maximum absolute atomic E-state index is 13.0. The molecule has 0 saturated heterocycles. The SMILES string of the molecule is COc1ccccc1COCC(O)Cn1c(=O)c2ccccc2n2nc(C)cc12. The number of aryl methyl sites for hydroxylation is 1. The molecule has 0 aliphatic rings. The summed E-state index contributed by atoms with van der Waals surface area (Å²) in [6, 6.07) is 16.8. The molecule has 2 aromatic heterocycles. The van der Waals surface area contributed by atoms with Gasteiger partial charge in [0.1, 0.15) is 11.4 Å². The van der Waals surface area contributed by atoms with E-state index in [1.54, 1.807) is 22.3 Å². The maximum Gasteiger partial charge on any atom is 0.261 e. The average Bonchev–Trinajstić information content (AvgIpc) is 3.13. The molecule has 7 heteroatoms. The van der Waals surface area contributed by atoms with Crippen molar-refractivity contribution in [1.29, 1.82) is 0 Å². The minimum Gasteiger partial charge on any atom is -0.496 e. The Morgan fingerprint density at radius 2 is 1.90 bits per heavy atom. The molecule has 150 valence electrons. The number of rotatable bonds is 7. The monoisotopic (exact) mass is 393 g/mol. The highest BCUT2D eigenvalue weighted by Gasteiger charge is 2.16. The summed E-state index contributed by atoms with van der Waals surface area (Å²) in [4.78, 5) is 13.0. The Kier molecular flexibility index (Phi) is 5.33. The molecule has 0 aliphatic heterocycles. The fourth-order valence-corrected chi connectivity index (χ4v) is 3.51. The van der Waals surface area contributed by atoms with Gasteiger partial charge in [-0.3, -0.25) is 9.36 Å². The predicted octanol–water partition coefficient (Wildman–Crippen LogP) is 2.54. The number of benzene rings is 2. The Labute approximate surface area is 167 Å². The molecular weight excluding hydrogens is 370 g/mol. The van der Waals surface area contributed by atoms with Crippen LogP contribution in [0.25, 0.3) is 16.6 Å². The van der Waals surface area contributed by atoms with Crippen molar-refractivity contribution < 1.29 is 14.6 Å². The van der Waals surface area contributed by atoms with Crippen LogP contribution >= 0.6 is 0 Å². The van der Waals surface area contributed by atoms with Crippen molar-refractivity contribution in [3.8, 4) is 5.75 Å². The maximum atomic E-state index is 13.0. The number of hydrogen-bond donors (Lipinski definition) is 1. The molecule has 7 nitrogen and oxygen atoms in total. The van der Waals surface area contributed by atoms with E-state index in [1.807, 2.05) is 55.5 Å². The molecule has 29 heavy (non-hydrogen) atoms. The lowest BCUT2D eigenvalue weighted by molar-refractivity contribution is 0.0198. The third-order valence-corrected chi connectivity index (χ3v) is 4.85. The van der Waals surface area contributed by atoms with E-state index >= 15 is 0 Å². The molecule has 0 saturated carbocycles. The van der Waals surface area contributed by atoms with Crippen molar-refractivity contribution in [1.82, 2.24) is 14.2 Å². The van der Waals surface area contributed by atoms with Crippen LogP contribution in [0.15, 0.2) is 59.4 Å². The van der Waals surface area contributed by atoms with Crippen LogP contribution in [0.5, 0.6) is 5.75 Å². The lowest BCUT2D eigenvalue weighted by Gasteiger charge is -2.16. The highest BCUT2D eigenvalue weighted by Crippen LogP contribution is 2.18. The third kappa shape index (κ3) is 3.74. The van der Waals surface area contributed by atoms with E-state index in [-0.39, 0.29) is 18.7 Å². The van der Waals surface area contributed by atoms with Gasteiger partial charge < -0.3 is 14.6 Å². The molecule has 0 radical (unpaired) electrons. The summed E-state index contributed by atoms with van der Waals surface area (Å²) >= 11 is 0. The number of aliphatic hydroxyl groups excluding tert-OH is 1. The number of hydrogen-bond acceptors (Lipinski definition) is 5. The summed E-state index contributed by atoms with van der Waals surface area (Å²) in [5, 5.41) is 15.6. The molecule has 0 bridgehead atoms. The number of nitrogens with zero attached hydrogens (tertiary/aromatic N) is 3. The van der Waals surface area contributed by atoms with Gasteiger partial charge in [-0.05, 0) is 25.1 Å². The summed E-state index contributed by atoms with van der Waals surface area (Å²) < 4.78 is 14.3. The van der Waals surface area contributed by atoms with Gasteiger partial charge in [0.2, 0.25) is 0 Å². The second-order valence-electron chi connectivity index (χ2n) is 6.97. The quantitative estimate of drug-likeness (QED) is 0.522. The third-order valence-electron chi connectivity index (χ3n) is 4.85. The topological polar surface area (TPSA) is 78.0 Å². The van der Waals surface area contributed by atoms with E-state index in [2.05, 4.69) is 5.10 Å². The fourth-order valence-electron chi connectivity index (χ4n) is 3.51. The summed E-state index contributed by atoms with van der Waals surface area (Å²) in [6.45, 7) is 2.40. The van der Waals surface area contributed by atoms with Crippen molar-refractivity contribution >= 4 is 16.6 Å². The lowest BCUT2D eigenvalue weighted by atomic mass is 10.2. The number of para-hydroxylation sites is 2. The molecule has 0 amide bonds. The summed E-state index contributed by atoms with van der Waals surface area (Å²) in [6.07, 6.45) is -0.845. The van der Waals surface area contributed by atoms with Crippen molar-refractivity contribution in [2.75, 3.05) is 13.7 Å². The minimum absolute atomic E-state index is 0.0938. The van der Waals surface area contributed by atoms with Crippen LogP contribution in [0.3, 0.4) is 0 Å². The summed E-state index contributed by atoms with van der Waals surface area (Å²) in [7, 11) is 1.61. The van der Waals surface area contributed by atoms with Crippen molar-refractivity contribution in [2.24, 2.45) is 0 Å². The second kappa shape index (κ2) is 8.06. The molecule has 1 unspecified atom stereocenters. The van der Waals surface area contributed by atoms with Gasteiger partial charge in [-0.15, -0.1) is 0 Å². The lowest BCUT2D eigenvalue weighted by Crippen LogP contribution is -2.30. The smallest absolute Gasteiger partial charge is 0.261 e. The Hall–Kier alpha value is -3.16. The first-order valence-corrected chi connectivity index (χ1v) is 9.44. The van der Waals surface area contributed by atoms with Gasteiger partial charge >= 0.3 is 0 Å². The van der Waals surface area contributed by atoms with Crippen LogP contribution in [-0.2, 0) is 17.9 Å². The minimum atomic E-state index is -0.845. The molecular formula is C22H23N3O4. The first-order valence-electron chi connectivity index (χ1n) is 9.44. The zero-order valence-electron chi connectivity index (χ0n) is 16.4. The van der Waals surface area contributed by atoms with Gasteiger partial charge in [0.15, 0.2) is 0 Å². The summed E-state index contributed by atoms with van der Waals surface area (Å²) in [5.74, 6) is 0.740. The highest BCUT2D eigenvalue weighted by molar-refractivity contribution is 5.80. The Balaban J connectivity index is 1.55. The van der Waals surface area contributed by atoms with Crippen LogP contribution in [0, 0.1) is 6.92 Å². The van der Waals surface area contributed by atoms with Gasteiger partial charge in [-0.1, -0.05) is 30.3 Å². The van der Waals surface area contributed by atoms with Crippen LogP contribution in [0.1, 0.15) is 11.3 Å². The molecule has 0 aliphatic carbocycles. The number of aromatic nitrogens is 3. The Bertz CT molecular complexity index is 1210. The van der Waals surface area contributed by atoms with E-state index in [0.29, 0.717) is 17.6 Å².